The van der Waals surface area contributed by atoms with Crippen molar-refractivity contribution in [3.8, 4) is 0 Å². The largest absolute Gasteiger partial charge is 0.463 e. The van der Waals surface area contributed by atoms with Crippen LogP contribution in [0.4, 0.5) is 4.79 Å². The van der Waals surface area contributed by atoms with Crippen LogP contribution < -0.4 is 10.6 Å². The lowest BCUT2D eigenvalue weighted by atomic mass is 9.98. The van der Waals surface area contributed by atoms with Gasteiger partial charge in [-0.25, -0.2) is 22.3 Å². The standard InChI is InChI=1S/C16H25N3O7S/c1-3-25-15(21)12-9-17-16(22)18-13(12)10-26-14(20)11-5-7-19(8-6-11)27(23,24)4-2/h11H,3-10H2,1-2H3,(H2,17,18,22). The fourth-order valence-corrected chi connectivity index (χ4v) is 4.01. The number of hydrogen-bond acceptors (Lipinski definition) is 7. The highest BCUT2D eigenvalue weighted by molar-refractivity contribution is 7.89. The first-order valence-electron chi connectivity index (χ1n) is 8.87. The van der Waals surface area contributed by atoms with Gasteiger partial charge >= 0.3 is 18.0 Å². The molecule has 0 aliphatic carbocycles. The van der Waals surface area contributed by atoms with Crippen molar-refractivity contribution in [2.45, 2.75) is 26.7 Å². The van der Waals surface area contributed by atoms with Crippen molar-refractivity contribution in [1.29, 1.82) is 0 Å². The number of rotatable bonds is 7. The van der Waals surface area contributed by atoms with E-state index in [1.807, 2.05) is 0 Å². The number of nitrogens with one attached hydrogen (secondary N) is 2. The van der Waals surface area contributed by atoms with Crippen molar-refractivity contribution in [2.75, 3.05) is 38.6 Å². The van der Waals surface area contributed by atoms with Crippen LogP contribution in [0.5, 0.6) is 0 Å². The fourth-order valence-electron chi connectivity index (χ4n) is 2.88. The maximum absolute atomic E-state index is 12.3. The van der Waals surface area contributed by atoms with Crippen molar-refractivity contribution in [1.82, 2.24) is 14.9 Å². The predicted molar refractivity (Wildman–Crippen MR) is 94.9 cm³/mol. The third kappa shape index (κ3) is 5.42. The van der Waals surface area contributed by atoms with Gasteiger partial charge in [-0.3, -0.25) is 4.79 Å². The zero-order valence-electron chi connectivity index (χ0n) is 15.4. The molecular formula is C16H25N3O7S. The third-order valence-electron chi connectivity index (χ3n) is 4.48. The zero-order valence-corrected chi connectivity index (χ0v) is 16.3. The Morgan fingerprint density at radius 1 is 1.19 bits per heavy atom. The highest BCUT2D eigenvalue weighted by Crippen LogP contribution is 2.21. The van der Waals surface area contributed by atoms with Gasteiger partial charge in [0.15, 0.2) is 0 Å². The smallest absolute Gasteiger partial charge is 0.337 e. The molecule has 0 atom stereocenters. The van der Waals surface area contributed by atoms with Crippen molar-refractivity contribution in [3.05, 3.63) is 11.3 Å². The molecule has 2 amide bonds. The first kappa shape index (κ1) is 21.2. The van der Waals surface area contributed by atoms with Crippen molar-refractivity contribution in [2.24, 2.45) is 5.92 Å². The summed E-state index contributed by atoms with van der Waals surface area (Å²) in [5.74, 6) is -1.46. The van der Waals surface area contributed by atoms with Gasteiger partial charge in [-0.1, -0.05) is 0 Å². The molecule has 0 spiro atoms. The van der Waals surface area contributed by atoms with Crippen LogP contribution in [-0.4, -0.2) is 69.3 Å². The molecule has 0 aromatic rings. The second-order valence-corrected chi connectivity index (χ2v) is 8.42. The molecule has 1 fully saturated rings. The molecule has 11 heteroatoms. The highest BCUT2D eigenvalue weighted by Gasteiger charge is 2.32. The summed E-state index contributed by atoms with van der Waals surface area (Å²) in [5.41, 5.74) is 0.393. The highest BCUT2D eigenvalue weighted by atomic mass is 32.2. The van der Waals surface area contributed by atoms with E-state index in [-0.39, 0.29) is 49.9 Å². The van der Waals surface area contributed by atoms with Crippen molar-refractivity contribution in [3.63, 3.8) is 0 Å². The zero-order chi connectivity index (χ0) is 20.0. The molecule has 2 rings (SSSR count). The van der Waals surface area contributed by atoms with Gasteiger partial charge < -0.3 is 20.1 Å². The molecule has 152 valence electrons. The number of sulfonamides is 1. The minimum atomic E-state index is -3.26. The first-order valence-corrected chi connectivity index (χ1v) is 10.5. The summed E-state index contributed by atoms with van der Waals surface area (Å²) in [6.45, 7) is 3.71. The molecule has 2 aliphatic heterocycles. The molecule has 27 heavy (non-hydrogen) atoms. The van der Waals surface area contributed by atoms with Crippen LogP contribution >= 0.6 is 0 Å². The van der Waals surface area contributed by atoms with Crippen LogP contribution in [-0.2, 0) is 29.1 Å². The fraction of sp³-hybridized carbons (Fsp3) is 0.688. The number of esters is 2. The monoisotopic (exact) mass is 403 g/mol. The Balaban J connectivity index is 1.94. The Hall–Kier alpha value is -2.14. The Bertz CT molecular complexity index is 724. The van der Waals surface area contributed by atoms with Crippen molar-refractivity contribution >= 4 is 28.0 Å². The SMILES string of the molecule is CCOC(=O)C1=C(COC(=O)C2CCN(S(=O)(=O)CC)CC2)NC(=O)NC1. The van der Waals surface area contributed by atoms with Gasteiger partial charge in [-0.05, 0) is 26.7 Å². The van der Waals surface area contributed by atoms with E-state index in [4.69, 9.17) is 9.47 Å². The number of ether oxygens (including phenoxy) is 2. The van der Waals surface area contributed by atoms with Gasteiger partial charge in [0.05, 0.1) is 36.1 Å². The number of carbonyl (C=O) groups is 3. The first-order chi connectivity index (χ1) is 12.8. The number of urea groups is 1. The summed E-state index contributed by atoms with van der Waals surface area (Å²) in [7, 11) is -3.26. The van der Waals surface area contributed by atoms with E-state index in [1.54, 1.807) is 13.8 Å². The second-order valence-electron chi connectivity index (χ2n) is 6.17. The van der Waals surface area contributed by atoms with Gasteiger partial charge in [0.1, 0.15) is 6.61 Å². The molecule has 0 radical (unpaired) electrons. The predicted octanol–water partition coefficient (Wildman–Crippen LogP) is -0.279. The molecule has 0 unspecified atom stereocenters. The van der Waals surface area contributed by atoms with Gasteiger partial charge in [0, 0.05) is 13.1 Å². The number of amides is 2. The third-order valence-corrected chi connectivity index (χ3v) is 6.36. The van der Waals surface area contributed by atoms with Gasteiger partial charge in [-0.15, -0.1) is 0 Å². The van der Waals surface area contributed by atoms with Crippen LogP contribution in [0.25, 0.3) is 0 Å². The maximum atomic E-state index is 12.3. The van der Waals surface area contributed by atoms with E-state index >= 15 is 0 Å². The van der Waals surface area contributed by atoms with Gasteiger partial charge in [0.2, 0.25) is 10.0 Å². The molecule has 0 bridgehead atoms. The summed E-state index contributed by atoms with van der Waals surface area (Å²) in [6, 6.07) is -0.493. The summed E-state index contributed by atoms with van der Waals surface area (Å²) in [5, 5.41) is 4.93. The van der Waals surface area contributed by atoms with E-state index in [9.17, 15) is 22.8 Å². The number of nitrogens with zero attached hydrogens (tertiary/aromatic N) is 1. The molecule has 2 heterocycles. The lowest BCUT2D eigenvalue weighted by Gasteiger charge is -2.30. The average Bonchev–Trinajstić information content (AvgIpc) is 2.66. The number of carbonyl (C=O) groups excluding carboxylic acids is 3. The maximum Gasteiger partial charge on any atom is 0.337 e. The molecule has 0 aromatic carbocycles. The normalized spacial score (nSPS) is 19.3. The van der Waals surface area contributed by atoms with E-state index in [2.05, 4.69) is 10.6 Å². The average molecular weight is 403 g/mol. The van der Waals surface area contributed by atoms with E-state index < -0.39 is 33.9 Å². The topological polar surface area (TPSA) is 131 Å². The quantitative estimate of drug-likeness (QED) is 0.559. The summed E-state index contributed by atoms with van der Waals surface area (Å²) in [6.07, 6.45) is 0.742. The van der Waals surface area contributed by atoms with Crippen LogP contribution in [0.3, 0.4) is 0 Å². The Morgan fingerprint density at radius 2 is 1.85 bits per heavy atom. The lowest BCUT2D eigenvalue weighted by Crippen LogP contribution is -2.45. The van der Waals surface area contributed by atoms with Crippen molar-refractivity contribution < 1.29 is 32.3 Å². The van der Waals surface area contributed by atoms with Crippen LogP contribution in [0.1, 0.15) is 26.7 Å². The summed E-state index contributed by atoms with van der Waals surface area (Å²) in [4.78, 5) is 35.7. The van der Waals surface area contributed by atoms with E-state index in [0.717, 1.165) is 0 Å². The molecule has 10 nitrogen and oxygen atoms in total. The summed E-state index contributed by atoms with van der Waals surface area (Å²) < 4.78 is 35.3. The molecule has 1 saturated heterocycles. The Labute approximate surface area is 158 Å². The number of piperidine rings is 1. The van der Waals surface area contributed by atoms with Crippen LogP contribution in [0, 0.1) is 5.92 Å². The minimum Gasteiger partial charge on any atom is -0.463 e. The molecule has 2 aliphatic rings. The van der Waals surface area contributed by atoms with E-state index in [1.165, 1.54) is 4.31 Å². The van der Waals surface area contributed by atoms with Crippen LogP contribution in [0.15, 0.2) is 11.3 Å². The molecule has 0 aromatic heterocycles. The Morgan fingerprint density at radius 3 is 2.44 bits per heavy atom. The van der Waals surface area contributed by atoms with Gasteiger partial charge in [-0.2, -0.15) is 0 Å². The summed E-state index contributed by atoms with van der Waals surface area (Å²) >= 11 is 0. The van der Waals surface area contributed by atoms with Gasteiger partial charge in [0.25, 0.3) is 0 Å². The second kappa shape index (κ2) is 9.18. The lowest BCUT2D eigenvalue weighted by molar-refractivity contribution is -0.149. The molecular weight excluding hydrogens is 378 g/mol. The van der Waals surface area contributed by atoms with Crippen LogP contribution in [0.2, 0.25) is 0 Å². The van der Waals surface area contributed by atoms with E-state index in [0.29, 0.717) is 12.8 Å². The number of hydrogen-bond donors (Lipinski definition) is 2. The Kier molecular flexibility index (Phi) is 7.19. The molecule has 2 N–H and O–H groups in total. The minimum absolute atomic E-state index is 0.00911. The molecule has 0 saturated carbocycles.